The van der Waals surface area contributed by atoms with Gasteiger partial charge in [0.05, 0.1) is 27.2 Å². The van der Waals surface area contributed by atoms with E-state index in [0.29, 0.717) is 17.2 Å². The molecule has 1 saturated heterocycles. The molecule has 0 spiro atoms. The summed E-state index contributed by atoms with van der Waals surface area (Å²) < 4.78 is 10.2. The molecule has 1 fully saturated rings. The van der Waals surface area contributed by atoms with E-state index in [1.807, 2.05) is 0 Å². The van der Waals surface area contributed by atoms with Gasteiger partial charge in [-0.05, 0) is 12.1 Å². The number of amides is 1. The first-order valence-electron chi connectivity index (χ1n) is 4.78. The van der Waals surface area contributed by atoms with Gasteiger partial charge in [0.15, 0.2) is 0 Å². The molecule has 2 rings (SSSR count). The fraction of sp³-hybridized carbons (Fsp3) is 0.273. The second-order valence-electron chi connectivity index (χ2n) is 3.17. The van der Waals surface area contributed by atoms with Crippen molar-refractivity contribution in [1.82, 2.24) is 0 Å². The molecule has 1 amide bonds. The van der Waals surface area contributed by atoms with Crippen molar-refractivity contribution in [3.8, 4) is 11.5 Å². The molecule has 1 aliphatic rings. The van der Waals surface area contributed by atoms with Crippen LogP contribution in [0.25, 0.3) is 0 Å². The third-order valence-corrected chi connectivity index (χ3v) is 2.27. The number of carbonyl (C=O) groups excluding carboxylic acids is 1. The molecule has 1 heterocycles. The van der Waals surface area contributed by atoms with E-state index in [2.05, 4.69) is 0 Å². The average Bonchev–Trinajstić information content (AvgIpc) is 2.74. The molecule has 1 aromatic carbocycles. The lowest BCUT2D eigenvalue weighted by Crippen LogP contribution is -2.22. The number of hydrogen-bond donors (Lipinski definition) is 0. The number of anilines is 1. The number of carbonyl (C=O) groups is 1. The molecule has 0 N–H and O–H groups in total. The largest absolute Gasteiger partial charge is 0.497 e. The van der Waals surface area contributed by atoms with Crippen molar-refractivity contribution in [3.05, 3.63) is 24.6 Å². The summed E-state index contributed by atoms with van der Waals surface area (Å²) in [6.45, 7) is 0.286. The van der Waals surface area contributed by atoms with Crippen molar-refractivity contribution in [2.24, 2.45) is 0 Å². The standard InChI is InChI=1S/C11H12NO4/c1-14-8-3-4-9(10(7-8)15-2)12-11(13)5-6-16-12/h3-5,7H,6H2,1-2H3. The highest BCUT2D eigenvalue weighted by Gasteiger charge is 2.26. The zero-order valence-electron chi connectivity index (χ0n) is 9.10. The first-order chi connectivity index (χ1) is 7.76. The molecule has 0 unspecified atom stereocenters. The maximum Gasteiger partial charge on any atom is 0.257 e. The Morgan fingerprint density at radius 2 is 2.12 bits per heavy atom. The van der Waals surface area contributed by atoms with Gasteiger partial charge in [0, 0.05) is 6.07 Å². The number of ether oxygens (including phenoxy) is 2. The highest BCUT2D eigenvalue weighted by Crippen LogP contribution is 2.33. The minimum absolute atomic E-state index is 0.191. The van der Waals surface area contributed by atoms with Gasteiger partial charge in [0.1, 0.15) is 17.2 Å². The van der Waals surface area contributed by atoms with Gasteiger partial charge in [-0.25, -0.2) is 0 Å². The molecular weight excluding hydrogens is 210 g/mol. The smallest absolute Gasteiger partial charge is 0.257 e. The summed E-state index contributed by atoms with van der Waals surface area (Å²) in [5.74, 6) is 1.00. The molecule has 0 aliphatic carbocycles. The van der Waals surface area contributed by atoms with E-state index in [1.165, 1.54) is 18.6 Å². The molecule has 0 bridgehead atoms. The van der Waals surface area contributed by atoms with Crippen LogP contribution in [0.15, 0.2) is 18.2 Å². The first kappa shape index (κ1) is 10.8. The Morgan fingerprint density at radius 3 is 2.69 bits per heavy atom. The monoisotopic (exact) mass is 222 g/mol. The van der Waals surface area contributed by atoms with E-state index < -0.39 is 0 Å². The molecule has 85 valence electrons. The van der Waals surface area contributed by atoms with Crippen molar-refractivity contribution >= 4 is 11.6 Å². The summed E-state index contributed by atoms with van der Waals surface area (Å²) in [6, 6.07) is 5.16. The SMILES string of the molecule is COc1ccc(N2OC[CH]C2=O)c(OC)c1. The van der Waals surface area contributed by atoms with Crippen molar-refractivity contribution in [1.29, 1.82) is 0 Å². The number of hydroxylamine groups is 1. The quantitative estimate of drug-likeness (QED) is 0.770. The highest BCUT2D eigenvalue weighted by atomic mass is 16.7. The minimum atomic E-state index is -0.191. The van der Waals surface area contributed by atoms with Crippen LogP contribution in [0.4, 0.5) is 5.69 Å². The van der Waals surface area contributed by atoms with Crippen molar-refractivity contribution in [3.63, 3.8) is 0 Å². The Kier molecular flexibility index (Phi) is 2.96. The molecule has 1 aliphatic heterocycles. The number of benzene rings is 1. The first-order valence-corrected chi connectivity index (χ1v) is 4.78. The van der Waals surface area contributed by atoms with E-state index in [-0.39, 0.29) is 12.5 Å². The zero-order chi connectivity index (χ0) is 11.5. The Hall–Kier alpha value is -1.75. The molecule has 16 heavy (non-hydrogen) atoms. The summed E-state index contributed by atoms with van der Waals surface area (Å²) in [5.41, 5.74) is 0.571. The van der Waals surface area contributed by atoms with Crippen molar-refractivity contribution in [2.75, 3.05) is 25.9 Å². The highest BCUT2D eigenvalue weighted by molar-refractivity contribution is 6.00. The second kappa shape index (κ2) is 4.40. The van der Waals surface area contributed by atoms with E-state index in [4.69, 9.17) is 14.3 Å². The van der Waals surface area contributed by atoms with Crippen LogP contribution >= 0.6 is 0 Å². The summed E-state index contributed by atoms with van der Waals surface area (Å²) in [5, 5.41) is 1.21. The van der Waals surface area contributed by atoms with Crippen LogP contribution in [0.5, 0.6) is 11.5 Å². The normalized spacial score (nSPS) is 15.4. The molecule has 0 atom stereocenters. The van der Waals surface area contributed by atoms with E-state index in [9.17, 15) is 4.79 Å². The number of methoxy groups -OCH3 is 2. The van der Waals surface area contributed by atoms with E-state index in [1.54, 1.807) is 25.3 Å². The fourth-order valence-electron chi connectivity index (χ4n) is 1.47. The number of nitrogens with zero attached hydrogens (tertiary/aromatic N) is 1. The third-order valence-electron chi connectivity index (χ3n) is 2.27. The van der Waals surface area contributed by atoms with Gasteiger partial charge >= 0.3 is 0 Å². The lowest BCUT2D eigenvalue weighted by Gasteiger charge is -2.17. The van der Waals surface area contributed by atoms with Crippen LogP contribution in [0.3, 0.4) is 0 Å². The summed E-state index contributed by atoms with van der Waals surface area (Å²) in [6.07, 6.45) is 1.46. The predicted octanol–water partition coefficient (Wildman–Crippen LogP) is 1.19. The average molecular weight is 222 g/mol. The molecule has 0 saturated carbocycles. The Balaban J connectivity index is 2.36. The molecule has 1 aromatic rings. The van der Waals surface area contributed by atoms with Gasteiger partial charge in [0.25, 0.3) is 5.91 Å². The number of hydrogen-bond acceptors (Lipinski definition) is 4. The maximum absolute atomic E-state index is 11.5. The third kappa shape index (κ3) is 1.81. The summed E-state index contributed by atoms with van der Waals surface area (Å²) in [7, 11) is 3.10. The zero-order valence-corrected chi connectivity index (χ0v) is 9.10. The topological polar surface area (TPSA) is 48.0 Å². The summed E-state index contributed by atoms with van der Waals surface area (Å²) in [4.78, 5) is 16.6. The molecule has 5 nitrogen and oxygen atoms in total. The Labute approximate surface area is 93.5 Å². The van der Waals surface area contributed by atoms with E-state index >= 15 is 0 Å². The Bertz CT molecular complexity index is 405. The maximum atomic E-state index is 11.5. The van der Waals surface area contributed by atoms with Gasteiger partial charge < -0.3 is 9.47 Å². The Morgan fingerprint density at radius 1 is 1.31 bits per heavy atom. The molecular formula is C11H12NO4. The lowest BCUT2D eigenvalue weighted by molar-refractivity contribution is -0.117. The molecule has 5 heteroatoms. The van der Waals surface area contributed by atoms with Gasteiger partial charge in [-0.1, -0.05) is 0 Å². The van der Waals surface area contributed by atoms with E-state index in [0.717, 1.165) is 0 Å². The van der Waals surface area contributed by atoms with Gasteiger partial charge in [0.2, 0.25) is 0 Å². The van der Waals surface area contributed by atoms with Gasteiger partial charge in [-0.15, -0.1) is 0 Å². The summed E-state index contributed by atoms with van der Waals surface area (Å²) >= 11 is 0. The van der Waals surface area contributed by atoms with Crippen LogP contribution in [-0.2, 0) is 9.63 Å². The van der Waals surface area contributed by atoms with Crippen LogP contribution in [0.1, 0.15) is 0 Å². The van der Waals surface area contributed by atoms with Gasteiger partial charge in [-0.2, -0.15) is 5.06 Å². The second-order valence-corrected chi connectivity index (χ2v) is 3.17. The van der Waals surface area contributed by atoms with Crippen LogP contribution in [0, 0.1) is 6.42 Å². The van der Waals surface area contributed by atoms with Crippen LogP contribution in [-0.4, -0.2) is 26.7 Å². The lowest BCUT2D eigenvalue weighted by atomic mass is 10.2. The minimum Gasteiger partial charge on any atom is -0.497 e. The van der Waals surface area contributed by atoms with Crippen LogP contribution in [0.2, 0.25) is 0 Å². The number of rotatable bonds is 3. The van der Waals surface area contributed by atoms with Crippen molar-refractivity contribution < 1.29 is 19.1 Å². The molecule has 0 aromatic heterocycles. The van der Waals surface area contributed by atoms with Crippen LogP contribution < -0.4 is 14.5 Å². The fourth-order valence-corrected chi connectivity index (χ4v) is 1.47. The van der Waals surface area contributed by atoms with Crippen molar-refractivity contribution in [2.45, 2.75) is 0 Å². The predicted molar refractivity (Wildman–Crippen MR) is 57.3 cm³/mol. The molecule has 1 radical (unpaired) electrons. The van der Waals surface area contributed by atoms with Gasteiger partial charge in [-0.3, -0.25) is 9.63 Å².